The number of carbonyl (C=O) groups is 1. The second kappa shape index (κ2) is 4.24. The Morgan fingerprint density at radius 1 is 1.29 bits per heavy atom. The van der Waals surface area contributed by atoms with Crippen LogP contribution < -0.4 is 0 Å². The maximum absolute atomic E-state index is 11.4. The molecule has 0 unspecified atom stereocenters. The van der Waals surface area contributed by atoms with Gasteiger partial charge in [-0.05, 0) is 0 Å². The van der Waals surface area contributed by atoms with Gasteiger partial charge in [0.2, 0.25) is 0 Å². The van der Waals surface area contributed by atoms with Crippen molar-refractivity contribution in [1.29, 1.82) is 0 Å². The maximum atomic E-state index is 11.4. The third-order valence-corrected chi connectivity index (χ3v) is 2.09. The quantitative estimate of drug-likeness (QED) is 0.673. The number of hydrogen-bond donors (Lipinski definition) is 0. The molecule has 0 N–H and O–H groups in total. The summed E-state index contributed by atoms with van der Waals surface area (Å²) in [7, 11) is 5.07. The summed E-state index contributed by atoms with van der Waals surface area (Å²) in [6, 6.07) is 9.90. The summed E-state index contributed by atoms with van der Waals surface area (Å²) in [5.41, 5.74) is 1.13. The lowest BCUT2D eigenvalue weighted by Crippen LogP contribution is -2.44. The number of amides is 1. The van der Waals surface area contributed by atoms with Gasteiger partial charge < -0.3 is 4.74 Å². The highest BCUT2D eigenvalue weighted by Crippen LogP contribution is 2.10. The number of rotatable bonds is 2. The van der Waals surface area contributed by atoms with Crippen LogP contribution in [0.3, 0.4) is 0 Å². The molecule has 0 spiro atoms. The van der Waals surface area contributed by atoms with Gasteiger partial charge in [0.05, 0.1) is 21.2 Å². The maximum Gasteiger partial charge on any atom is 0.515 e. The highest BCUT2D eigenvalue weighted by molar-refractivity contribution is 5.58. The average Bonchev–Trinajstić information content (AvgIpc) is 2.17. The van der Waals surface area contributed by atoms with Crippen molar-refractivity contribution in [2.75, 3.05) is 21.2 Å². The van der Waals surface area contributed by atoms with E-state index in [-0.39, 0.29) is 10.6 Å². The van der Waals surface area contributed by atoms with E-state index in [0.717, 1.165) is 5.56 Å². The minimum Gasteiger partial charge on any atom is -0.423 e. The zero-order chi connectivity index (χ0) is 10.6. The first-order chi connectivity index (χ1) is 6.56. The summed E-state index contributed by atoms with van der Waals surface area (Å²) >= 11 is 0. The highest BCUT2D eigenvalue weighted by Gasteiger charge is 2.27. The fourth-order valence-corrected chi connectivity index (χ4v) is 1.35. The van der Waals surface area contributed by atoms with Gasteiger partial charge in [0.15, 0.2) is 0 Å². The van der Waals surface area contributed by atoms with Crippen molar-refractivity contribution in [3.8, 4) is 0 Å². The number of hydrogen-bond acceptors (Lipinski definition) is 2. The molecule has 1 aromatic carbocycles. The van der Waals surface area contributed by atoms with Crippen molar-refractivity contribution < 1.29 is 14.0 Å². The van der Waals surface area contributed by atoms with E-state index in [9.17, 15) is 4.79 Å². The Morgan fingerprint density at radius 2 is 1.86 bits per heavy atom. The predicted octanol–water partition coefficient (Wildman–Crippen LogP) is 2.03. The van der Waals surface area contributed by atoms with Crippen molar-refractivity contribution in [1.82, 2.24) is 0 Å². The number of carbonyl (C=O) groups excluding carboxylic acids is 1. The molecule has 0 saturated heterocycles. The minimum absolute atomic E-state index is 0.209. The monoisotopic (exact) mass is 194 g/mol. The second-order valence-electron chi connectivity index (χ2n) is 3.80. The predicted molar refractivity (Wildman–Crippen MR) is 54.7 cm³/mol. The lowest BCUT2D eigenvalue weighted by molar-refractivity contribution is -0.830. The van der Waals surface area contributed by atoms with E-state index in [2.05, 4.69) is 0 Å². The number of ether oxygens (including phenoxy) is 1. The van der Waals surface area contributed by atoms with Gasteiger partial charge in [-0.2, -0.15) is 4.79 Å². The molecule has 0 heterocycles. The molecule has 0 aliphatic carbocycles. The Balaban J connectivity index is 2.73. The lowest BCUT2D eigenvalue weighted by Gasteiger charge is -2.24. The summed E-state index contributed by atoms with van der Waals surface area (Å²) in [4.78, 5) is 11.4. The van der Waals surface area contributed by atoms with Crippen molar-refractivity contribution in [2.24, 2.45) is 0 Å². The number of benzene rings is 1. The smallest absolute Gasteiger partial charge is 0.423 e. The summed E-state index contributed by atoms with van der Waals surface area (Å²) in [6.07, 6.45) is -0.228. The summed E-state index contributed by atoms with van der Waals surface area (Å²) in [5, 5.41) is 0. The van der Waals surface area contributed by atoms with Crippen LogP contribution >= 0.6 is 0 Å². The van der Waals surface area contributed by atoms with Crippen LogP contribution in [0.5, 0.6) is 0 Å². The van der Waals surface area contributed by atoms with Gasteiger partial charge in [-0.15, -0.1) is 0 Å². The molecule has 0 saturated carbocycles. The van der Waals surface area contributed by atoms with Crippen LogP contribution in [0, 0.1) is 0 Å². The van der Waals surface area contributed by atoms with Gasteiger partial charge in [0.25, 0.3) is 0 Å². The van der Waals surface area contributed by atoms with E-state index in [4.69, 9.17) is 4.74 Å². The van der Waals surface area contributed by atoms with Crippen LogP contribution in [0.4, 0.5) is 4.79 Å². The van der Waals surface area contributed by atoms with Crippen molar-refractivity contribution in [2.45, 2.75) is 6.54 Å². The molecule has 1 aromatic rings. The molecule has 1 amide bonds. The Hall–Kier alpha value is -1.35. The lowest BCUT2D eigenvalue weighted by atomic mass is 10.2. The van der Waals surface area contributed by atoms with E-state index in [0.29, 0.717) is 6.54 Å². The molecule has 14 heavy (non-hydrogen) atoms. The van der Waals surface area contributed by atoms with E-state index < -0.39 is 0 Å². The Bertz CT molecular complexity index is 306. The molecule has 0 aliphatic rings. The number of quaternary nitrogens is 1. The molecule has 0 aliphatic heterocycles. The topological polar surface area (TPSA) is 26.3 Å². The first-order valence-electron chi connectivity index (χ1n) is 4.51. The van der Waals surface area contributed by atoms with Crippen LogP contribution in [0.15, 0.2) is 30.3 Å². The molecule has 0 fully saturated rings. The fourth-order valence-electron chi connectivity index (χ4n) is 1.35. The first-order valence-corrected chi connectivity index (χ1v) is 4.51. The molecule has 1 rings (SSSR count). The minimum atomic E-state index is -0.228. The van der Waals surface area contributed by atoms with Gasteiger partial charge in [0.1, 0.15) is 6.54 Å². The summed E-state index contributed by atoms with van der Waals surface area (Å²) in [5.74, 6) is 0. The molecule has 0 atom stereocenters. The van der Waals surface area contributed by atoms with E-state index in [1.54, 1.807) is 0 Å². The van der Waals surface area contributed by atoms with E-state index in [1.807, 2.05) is 44.4 Å². The zero-order valence-electron chi connectivity index (χ0n) is 8.86. The van der Waals surface area contributed by atoms with Crippen LogP contribution in [0.1, 0.15) is 5.56 Å². The molecule has 3 nitrogen and oxygen atoms in total. The van der Waals surface area contributed by atoms with Gasteiger partial charge >= 0.3 is 6.09 Å². The third-order valence-electron chi connectivity index (χ3n) is 2.09. The number of methoxy groups -OCH3 is 1. The standard InChI is InChI=1S/C11H16NO2/c1-12(2,11(13)14-3)9-10-7-5-4-6-8-10/h4-8H,9H2,1-3H3/q+1. The van der Waals surface area contributed by atoms with Gasteiger partial charge in [-0.25, -0.2) is 4.48 Å². The Labute approximate surface area is 84.5 Å². The molecular weight excluding hydrogens is 178 g/mol. The molecule has 76 valence electrons. The van der Waals surface area contributed by atoms with Gasteiger partial charge in [-0.1, -0.05) is 30.3 Å². The molecule has 0 aromatic heterocycles. The summed E-state index contributed by atoms with van der Waals surface area (Å²) in [6.45, 7) is 0.646. The summed E-state index contributed by atoms with van der Waals surface area (Å²) < 4.78 is 4.93. The SMILES string of the molecule is COC(=O)[N+](C)(C)Cc1ccccc1. The van der Waals surface area contributed by atoms with Crippen LogP contribution in [0.2, 0.25) is 0 Å². The van der Waals surface area contributed by atoms with Gasteiger partial charge in [0, 0.05) is 5.56 Å². The highest BCUT2D eigenvalue weighted by atomic mass is 16.5. The molecule has 3 heteroatoms. The Morgan fingerprint density at radius 3 is 2.36 bits per heavy atom. The van der Waals surface area contributed by atoms with Crippen molar-refractivity contribution in [3.63, 3.8) is 0 Å². The van der Waals surface area contributed by atoms with Crippen molar-refractivity contribution >= 4 is 6.09 Å². The van der Waals surface area contributed by atoms with E-state index >= 15 is 0 Å². The van der Waals surface area contributed by atoms with E-state index in [1.165, 1.54) is 7.11 Å². The van der Waals surface area contributed by atoms with Crippen molar-refractivity contribution in [3.05, 3.63) is 35.9 Å². The molecule has 0 radical (unpaired) electrons. The van der Waals surface area contributed by atoms with Crippen LogP contribution in [0.25, 0.3) is 0 Å². The fraction of sp³-hybridized carbons (Fsp3) is 0.364. The van der Waals surface area contributed by atoms with Gasteiger partial charge in [-0.3, -0.25) is 0 Å². The normalized spacial score (nSPS) is 11.1. The molecule has 0 bridgehead atoms. The first kappa shape index (κ1) is 10.7. The third kappa shape index (κ3) is 2.57. The van der Waals surface area contributed by atoms with Crippen LogP contribution in [-0.2, 0) is 11.3 Å². The number of nitrogens with zero attached hydrogens (tertiary/aromatic N) is 1. The zero-order valence-corrected chi connectivity index (χ0v) is 8.86. The second-order valence-corrected chi connectivity index (χ2v) is 3.80. The average molecular weight is 194 g/mol. The Kier molecular flexibility index (Phi) is 3.25. The molecular formula is C11H16NO2+. The van der Waals surface area contributed by atoms with Crippen LogP contribution in [-0.4, -0.2) is 31.8 Å². The largest absolute Gasteiger partial charge is 0.515 e.